The number of hydrogen-bond donors (Lipinski definition) is 1. The molecule has 0 bridgehead atoms. The lowest BCUT2D eigenvalue weighted by molar-refractivity contribution is -0.136. The topological polar surface area (TPSA) is 61.9 Å². The number of piperazine rings is 1. The van der Waals surface area contributed by atoms with E-state index < -0.39 is 0 Å². The molecule has 0 aromatic heterocycles. The van der Waals surface area contributed by atoms with Crippen molar-refractivity contribution in [2.24, 2.45) is 5.92 Å². The molecule has 1 N–H and O–H groups in total. The summed E-state index contributed by atoms with van der Waals surface area (Å²) in [5.74, 6) is 1.10. The standard InChI is InChI=1S/C19H29N3O3/c1-15(2)8-9-20-18(23)14-19(24)22-12-10-21(11-13-22)16-6-4-5-7-17(16)25-3/h4-7,15H,8-14H2,1-3H3,(H,20,23). The SMILES string of the molecule is COc1ccccc1N1CCN(C(=O)CC(=O)NCCC(C)C)CC1. The molecule has 0 unspecified atom stereocenters. The second kappa shape index (κ2) is 9.30. The lowest BCUT2D eigenvalue weighted by Gasteiger charge is -2.36. The summed E-state index contributed by atoms with van der Waals surface area (Å²) in [4.78, 5) is 28.1. The minimum atomic E-state index is -0.183. The minimum Gasteiger partial charge on any atom is -0.495 e. The van der Waals surface area contributed by atoms with E-state index in [0.29, 0.717) is 25.6 Å². The van der Waals surface area contributed by atoms with Crippen LogP contribution in [0.25, 0.3) is 0 Å². The summed E-state index contributed by atoms with van der Waals surface area (Å²) >= 11 is 0. The van der Waals surface area contributed by atoms with Crippen LogP contribution >= 0.6 is 0 Å². The van der Waals surface area contributed by atoms with Gasteiger partial charge >= 0.3 is 0 Å². The maximum Gasteiger partial charge on any atom is 0.232 e. The number of amides is 2. The molecule has 0 aliphatic carbocycles. The number of benzene rings is 1. The number of rotatable bonds is 7. The van der Waals surface area contributed by atoms with E-state index in [1.54, 1.807) is 12.0 Å². The highest BCUT2D eigenvalue weighted by molar-refractivity contribution is 5.97. The minimum absolute atomic E-state index is 0.0627. The summed E-state index contributed by atoms with van der Waals surface area (Å²) < 4.78 is 5.40. The molecule has 6 nitrogen and oxygen atoms in total. The van der Waals surface area contributed by atoms with Gasteiger partial charge in [-0.1, -0.05) is 26.0 Å². The molecular formula is C19H29N3O3. The zero-order valence-corrected chi connectivity index (χ0v) is 15.5. The van der Waals surface area contributed by atoms with Crippen LogP contribution in [-0.2, 0) is 9.59 Å². The number of hydrogen-bond acceptors (Lipinski definition) is 4. The zero-order valence-electron chi connectivity index (χ0n) is 15.5. The Balaban J connectivity index is 1.79. The van der Waals surface area contributed by atoms with Crippen LogP contribution in [0.15, 0.2) is 24.3 Å². The maximum absolute atomic E-state index is 12.3. The van der Waals surface area contributed by atoms with Crippen LogP contribution in [0, 0.1) is 5.92 Å². The van der Waals surface area contributed by atoms with Crippen LogP contribution in [-0.4, -0.2) is 56.5 Å². The molecule has 0 atom stereocenters. The van der Waals surface area contributed by atoms with Crippen molar-refractivity contribution in [3.63, 3.8) is 0 Å². The quantitative estimate of drug-likeness (QED) is 0.765. The van der Waals surface area contributed by atoms with Gasteiger partial charge in [0.05, 0.1) is 12.8 Å². The van der Waals surface area contributed by atoms with Crippen molar-refractivity contribution in [1.29, 1.82) is 0 Å². The zero-order chi connectivity index (χ0) is 18.2. The van der Waals surface area contributed by atoms with E-state index in [0.717, 1.165) is 30.9 Å². The molecule has 1 aliphatic rings. The first-order valence-corrected chi connectivity index (χ1v) is 8.93. The van der Waals surface area contributed by atoms with Gasteiger partial charge in [0.15, 0.2) is 0 Å². The molecule has 0 spiro atoms. The first kappa shape index (κ1) is 19.1. The van der Waals surface area contributed by atoms with E-state index in [2.05, 4.69) is 24.1 Å². The number of nitrogens with zero attached hydrogens (tertiary/aromatic N) is 2. The molecule has 0 saturated carbocycles. The van der Waals surface area contributed by atoms with Crippen molar-refractivity contribution in [3.8, 4) is 5.75 Å². The van der Waals surface area contributed by atoms with E-state index >= 15 is 0 Å². The first-order valence-electron chi connectivity index (χ1n) is 8.93. The molecule has 1 aliphatic heterocycles. The first-order chi connectivity index (χ1) is 12.0. The number of para-hydroxylation sites is 2. The molecule has 6 heteroatoms. The van der Waals surface area contributed by atoms with Crippen LogP contribution in [0.5, 0.6) is 5.75 Å². The number of carbonyl (C=O) groups excluding carboxylic acids is 2. The fourth-order valence-corrected chi connectivity index (χ4v) is 2.90. The van der Waals surface area contributed by atoms with Crippen molar-refractivity contribution < 1.29 is 14.3 Å². The Morgan fingerprint density at radius 3 is 2.48 bits per heavy atom. The molecule has 138 valence electrons. The lowest BCUT2D eigenvalue weighted by Crippen LogP contribution is -2.49. The molecule has 2 rings (SSSR count). The second-order valence-corrected chi connectivity index (χ2v) is 6.75. The predicted molar refractivity (Wildman–Crippen MR) is 98.9 cm³/mol. The molecule has 1 aromatic rings. The summed E-state index contributed by atoms with van der Waals surface area (Å²) in [5, 5.41) is 2.82. The Hall–Kier alpha value is -2.24. The van der Waals surface area contributed by atoms with Crippen LogP contribution in [0.2, 0.25) is 0 Å². The van der Waals surface area contributed by atoms with Gasteiger partial charge in [-0.3, -0.25) is 9.59 Å². The summed E-state index contributed by atoms with van der Waals surface area (Å²) in [6.45, 7) is 7.57. The Morgan fingerprint density at radius 1 is 1.16 bits per heavy atom. The van der Waals surface area contributed by atoms with Crippen molar-refractivity contribution in [2.75, 3.05) is 44.7 Å². The maximum atomic E-state index is 12.3. The highest BCUT2D eigenvalue weighted by Gasteiger charge is 2.24. The van der Waals surface area contributed by atoms with Crippen LogP contribution in [0.1, 0.15) is 26.7 Å². The average molecular weight is 347 g/mol. The molecule has 1 saturated heterocycles. The number of ether oxygens (including phenoxy) is 1. The van der Waals surface area contributed by atoms with Crippen molar-refractivity contribution in [1.82, 2.24) is 10.2 Å². The van der Waals surface area contributed by atoms with Crippen molar-refractivity contribution in [3.05, 3.63) is 24.3 Å². The third-order valence-corrected chi connectivity index (χ3v) is 4.41. The Morgan fingerprint density at radius 2 is 1.84 bits per heavy atom. The fourth-order valence-electron chi connectivity index (χ4n) is 2.90. The van der Waals surface area contributed by atoms with Gasteiger partial charge in [-0.25, -0.2) is 0 Å². The number of methoxy groups -OCH3 is 1. The highest BCUT2D eigenvalue weighted by atomic mass is 16.5. The van der Waals surface area contributed by atoms with Gasteiger partial charge in [-0.2, -0.15) is 0 Å². The third-order valence-electron chi connectivity index (χ3n) is 4.41. The number of anilines is 1. The molecule has 1 aromatic carbocycles. The Kier molecular flexibility index (Phi) is 7.10. The predicted octanol–water partition coefficient (Wildman–Crippen LogP) is 1.90. The van der Waals surface area contributed by atoms with Gasteiger partial charge < -0.3 is 19.9 Å². The molecule has 1 heterocycles. The van der Waals surface area contributed by atoms with Gasteiger partial charge in [-0.15, -0.1) is 0 Å². The summed E-state index contributed by atoms with van der Waals surface area (Å²) in [6, 6.07) is 7.89. The Bertz CT molecular complexity index is 581. The van der Waals surface area contributed by atoms with E-state index in [1.165, 1.54) is 0 Å². The largest absolute Gasteiger partial charge is 0.495 e. The van der Waals surface area contributed by atoms with Gasteiger partial charge in [0.1, 0.15) is 12.2 Å². The molecule has 1 fully saturated rings. The molecule has 25 heavy (non-hydrogen) atoms. The summed E-state index contributed by atoms with van der Waals surface area (Å²) in [5.41, 5.74) is 1.04. The van der Waals surface area contributed by atoms with E-state index in [9.17, 15) is 9.59 Å². The smallest absolute Gasteiger partial charge is 0.232 e. The van der Waals surface area contributed by atoms with E-state index in [-0.39, 0.29) is 18.2 Å². The normalized spacial score (nSPS) is 14.6. The van der Waals surface area contributed by atoms with Gasteiger partial charge in [-0.05, 0) is 24.5 Å². The van der Waals surface area contributed by atoms with Crippen molar-refractivity contribution in [2.45, 2.75) is 26.7 Å². The van der Waals surface area contributed by atoms with E-state index in [4.69, 9.17) is 4.74 Å². The molecule has 2 amide bonds. The van der Waals surface area contributed by atoms with Crippen molar-refractivity contribution >= 4 is 17.5 Å². The van der Waals surface area contributed by atoms with Crippen LogP contribution in [0.3, 0.4) is 0 Å². The molecule has 0 radical (unpaired) electrons. The van der Waals surface area contributed by atoms with Gasteiger partial charge in [0.25, 0.3) is 0 Å². The second-order valence-electron chi connectivity index (χ2n) is 6.75. The third kappa shape index (κ3) is 5.66. The van der Waals surface area contributed by atoms with Gasteiger partial charge in [0.2, 0.25) is 11.8 Å². The monoisotopic (exact) mass is 347 g/mol. The highest BCUT2D eigenvalue weighted by Crippen LogP contribution is 2.28. The van der Waals surface area contributed by atoms with Crippen LogP contribution in [0.4, 0.5) is 5.69 Å². The average Bonchev–Trinajstić information content (AvgIpc) is 2.61. The fraction of sp³-hybridized carbons (Fsp3) is 0.579. The summed E-state index contributed by atoms with van der Waals surface area (Å²) in [6.07, 6.45) is 0.865. The Labute approximate surface area is 150 Å². The summed E-state index contributed by atoms with van der Waals surface area (Å²) in [7, 11) is 1.66. The van der Waals surface area contributed by atoms with E-state index in [1.807, 2.05) is 24.3 Å². The number of nitrogens with one attached hydrogen (secondary N) is 1. The molecular weight excluding hydrogens is 318 g/mol. The van der Waals surface area contributed by atoms with Crippen LogP contribution < -0.4 is 15.0 Å². The number of carbonyl (C=O) groups is 2. The lowest BCUT2D eigenvalue weighted by atomic mass is 10.1. The van der Waals surface area contributed by atoms with Gasteiger partial charge in [0, 0.05) is 32.7 Å².